The van der Waals surface area contributed by atoms with E-state index in [4.69, 9.17) is 0 Å². The predicted octanol–water partition coefficient (Wildman–Crippen LogP) is 3.69. The summed E-state index contributed by atoms with van der Waals surface area (Å²) in [4.78, 5) is 41.6. The molecule has 1 N–H and O–H groups in total. The number of piperidine rings is 2. The van der Waals surface area contributed by atoms with Gasteiger partial charge < -0.3 is 15.1 Å². The molecule has 0 spiro atoms. The van der Waals surface area contributed by atoms with E-state index < -0.39 is 17.5 Å². The first kappa shape index (κ1) is 22.9. The van der Waals surface area contributed by atoms with E-state index in [1.807, 2.05) is 30.3 Å². The van der Waals surface area contributed by atoms with E-state index in [0.717, 1.165) is 30.7 Å². The monoisotopic (exact) mass is 455 g/mol. The summed E-state index contributed by atoms with van der Waals surface area (Å²) in [5.74, 6) is -2.67. The highest BCUT2D eigenvalue weighted by atomic mass is 19.1. The molecule has 2 aliphatic heterocycles. The number of benzene rings is 2. The van der Waals surface area contributed by atoms with E-state index >= 15 is 0 Å². The van der Waals surface area contributed by atoms with Gasteiger partial charge in [-0.25, -0.2) is 8.78 Å². The molecule has 1 unspecified atom stereocenters. The van der Waals surface area contributed by atoms with Crippen molar-refractivity contribution in [3.63, 3.8) is 0 Å². The van der Waals surface area contributed by atoms with Crippen LogP contribution in [0.5, 0.6) is 0 Å². The molecule has 0 bridgehead atoms. The van der Waals surface area contributed by atoms with Gasteiger partial charge in [-0.15, -0.1) is 0 Å². The maximum Gasteiger partial charge on any atom is 0.256 e. The van der Waals surface area contributed by atoms with Gasteiger partial charge in [0.25, 0.3) is 5.91 Å². The predicted molar refractivity (Wildman–Crippen MR) is 119 cm³/mol. The smallest absolute Gasteiger partial charge is 0.256 e. The summed E-state index contributed by atoms with van der Waals surface area (Å²) in [5, 5.41) is 2.92. The van der Waals surface area contributed by atoms with Crippen LogP contribution >= 0.6 is 0 Å². The molecule has 2 aromatic rings. The Bertz CT molecular complexity index is 1020. The standard InChI is InChI=1S/C25H27F2N3O3/c26-19-8-9-21(22(27)15-19)25(33)29-13-10-17(11-14-29)24(32)30-12-4-5-18(16-30)23(31)28-20-6-2-1-3-7-20/h1-3,6-9,15,17-18H,4-5,10-14,16H2,(H,28,31). The fraction of sp³-hybridized carbons (Fsp3) is 0.400. The topological polar surface area (TPSA) is 69.7 Å². The number of carbonyl (C=O) groups is 3. The van der Waals surface area contributed by atoms with Crippen LogP contribution in [0.2, 0.25) is 0 Å². The summed E-state index contributed by atoms with van der Waals surface area (Å²) in [6, 6.07) is 12.2. The zero-order chi connectivity index (χ0) is 23.4. The molecule has 0 saturated carbocycles. The van der Waals surface area contributed by atoms with E-state index in [9.17, 15) is 23.2 Å². The van der Waals surface area contributed by atoms with Crippen molar-refractivity contribution in [2.45, 2.75) is 25.7 Å². The van der Waals surface area contributed by atoms with Crippen LogP contribution < -0.4 is 5.32 Å². The minimum atomic E-state index is -0.883. The summed E-state index contributed by atoms with van der Waals surface area (Å²) in [6.45, 7) is 1.67. The number of likely N-dealkylation sites (tertiary alicyclic amines) is 2. The number of anilines is 1. The summed E-state index contributed by atoms with van der Waals surface area (Å²) in [5.41, 5.74) is 0.574. The SMILES string of the molecule is O=C(Nc1ccccc1)C1CCCN(C(=O)C2CCN(C(=O)c3ccc(F)cc3F)CC2)C1. The number of carbonyl (C=O) groups excluding carboxylic acids is 3. The third-order valence-electron chi connectivity index (χ3n) is 6.44. The molecular weight excluding hydrogens is 428 g/mol. The summed E-state index contributed by atoms with van der Waals surface area (Å²) < 4.78 is 27.1. The van der Waals surface area contributed by atoms with Crippen molar-refractivity contribution < 1.29 is 23.2 Å². The van der Waals surface area contributed by atoms with Gasteiger partial charge in [-0.3, -0.25) is 14.4 Å². The van der Waals surface area contributed by atoms with Gasteiger partial charge in [-0.2, -0.15) is 0 Å². The quantitative estimate of drug-likeness (QED) is 0.765. The van der Waals surface area contributed by atoms with Crippen LogP contribution in [0.25, 0.3) is 0 Å². The molecule has 2 fully saturated rings. The number of halogens is 2. The number of nitrogens with one attached hydrogen (secondary N) is 1. The van der Waals surface area contributed by atoms with Crippen molar-refractivity contribution in [2.24, 2.45) is 11.8 Å². The molecule has 4 rings (SSSR count). The van der Waals surface area contributed by atoms with Crippen LogP contribution in [0, 0.1) is 23.5 Å². The number of hydrogen-bond acceptors (Lipinski definition) is 3. The van der Waals surface area contributed by atoms with Crippen LogP contribution in [0.15, 0.2) is 48.5 Å². The van der Waals surface area contributed by atoms with Crippen molar-refractivity contribution in [1.29, 1.82) is 0 Å². The third kappa shape index (κ3) is 5.38. The van der Waals surface area contributed by atoms with Crippen LogP contribution in [-0.2, 0) is 9.59 Å². The Morgan fingerprint density at radius 1 is 0.848 bits per heavy atom. The fourth-order valence-corrected chi connectivity index (χ4v) is 4.58. The minimum absolute atomic E-state index is 0.00673. The van der Waals surface area contributed by atoms with Crippen molar-refractivity contribution in [1.82, 2.24) is 9.80 Å². The van der Waals surface area contributed by atoms with Gasteiger partial charge in [0.1, 0.15) is 11.6 Å². The lowest BCUT2D eigenvalue weighted by atomic mass is 9.91. The first-order valence-electron chi connectivity index (χ1n) is 11.3. The minimum Gasteiger partial charge on any atom is -0.342 e. The molecule has 0 aromatic heterocycles. The van der Waals surface area contributed by atoms with Gasteiger partial charge in [0, 0.05) is 43.9 Å². The highest BCUT2D eigenvalue weighted by molar-refractivity contribution is 5.95. The van der Waals surface area contributed by atoms with E-state index in [-0.39, 0.29) is 29.2 Å². The summed E-state index contributed by atoms with van der Waals surface area (Å²) >= 11 is 0. The maximum absolute atomic E-state index is 14.0. The fourth-order valence-electron chi connectivity index (χ4n) is 4.58. The van der Waals surface area contributed by atoms with Gasteiger partial charge in [0.05, 0.1) is 11.5 Å². The highest BCUT2D eigenvalue weighted by Gasteiger charge is 2.34. The lowest BCUT2D eigenvalue weighted by Crippen LogP contribution is -2.48. The number of para-hydroxylation sites is 1. The van der Waals surface area contributed by atoms with Gasteiger partial charge >= 0.3 is 0 Å². The Balaban J connectivity index is 1.30. The lowest BCUT2D eigenvalue weighted by Gasteiger charge is -2.37. The molecule has 3 amide bonds. The lowest BCUT2D eigenvalue weighted by molar-refractivity contribution is -0.139. The molecule has 2 heterocycles. The Morgan fingerprint density at radius 2 is 1.58 bits per heavy atom. The van der Waals surface area contributed by atoms with Crippen molar-refractivity contribution >= 4 is 23.4 Å². The molecule has 174 valence electrons. The second kappa shape index (κ2) is 10.1. The third-order valence-corrected chi connectivity index (χ3v) is 6.44. The van der Waals surface area contributed by atoms with Crippen LogP contribution in [0.3, 0.4) is 0 Å². The number of amides is 3. The van der Waals surface area contributed by atoms with E-state index in [1.165, 1.54) is 4.90 Å². The molecule has 1 atom stereocenters. The molecule has 0 aliphatic carbocycles. The van der Waals surface area contributed by atoms with Crippen molar-refractivity contribution in [2.75, 3.05) is 31.5 Å². The molecule has 2 aliphatic rings. The zero-order valence-electron chi connectivity index (χ0n) is 18.3. The van der Waals surface area contributed by atoms with Crippen LogP contribution in [0.4, 0.5) is 14.5 Å². The van der Waals surface area contributed by atoms with Gasteiger partial charge in [-0.05, 0) is 49.9 Å². The van der Waals surface area contributed by atoms with E-state index in [0.29, 0.717) is 45.1 Å². The average molecular weight is 456 g/mol. The van der Waals surface area contributed by atoms with Crippen LogP contribution in [0.1, 0.15) is 36.0 Å². The first-order valence-corrected chi connectivity index (χ1v) is 11.3. The Hall–Kier alpha value is -3.29. The van der Waals surface area contributed by atoms with Gasteiger partial charge in [0.15, 0.2) is 0 Å². The molecule has 2 aromatic carbocycles. The molecule has 33 heavy (non-hydrogen) atoms. The second-order valence-electron chi connectivity index (χ2n) is 8.67. The maximum atomic E-state index is 14.0. The summed E-state index contributed by atoms with van der Waals surface area (Å²) in [7, 11) is 0. The second-order valence-corrected chi connectivity index (χ2v) is 8.67. The first-order chi connectivity index (χ1) is 15.9. The van der Waals surface area contributed by atoms with Gasteiger partial charge in [0.2, 0.25) is 11.8 Å². The van der Waals surface area contributed by atoms with Crippen LogP contribution in [-0.4, -0.2) is 53.7 Å². The van der Waals surface area contributed by atoms with E-state index in [2.05, 4.69) is 5.32 Å². The van der Waals surface area contributed by atoms with Crippen molar-refractivity contribution in [3.8, 4) is 0 Å². The number of rotatable bonds is 4. The normalized spacial score (nSPS) is 19.3. The average Bonchev–Trinajstić information content (AvgIpc) is 2.84. The Labute approximate surface area is 191 Å². The highest BCUT2D eigenvalue weighted by Crippen LogP contribution is 2.26. The number of nitrogens with zero attached hydrogens (tertiary/aromatic N) is 2. The molecular formula is C25H27F2N3O3. The molecule has 8 heteroatoms. The summed E-state index contributed by atoms with van der Waals surface area (Å²) in [6.07, 6.45) is 2.45. The molecule has 0 radical (unpaired) electrons. The van der Waals surface area contributed by atoms with Gasteiger partial charge in [-0.1, -0.05) is 18.2 Å². The van der Waals surface area contributed by atoms with Crippen molar-refractivity contribution in [3.05, 3.63) is 65.7 Å². The zero-order valence-corrected chi connectivity index (χ0v) is 18.3. The van der Waals surface area contributed by atoms with E-state index in [1.54, 1.807) is 4.90 Å². The number of hydrogen-bond donors (Lipinski definition) is 1. The largest absolute Gasteiger partial charge is 0.342 e. The molecule has 2 saturated heterocycles. The molecule has 6 nitrogen and oxygen atoms in total. The Kier molecular flexibility index (Phi) is 7.01. The Morgan fingerprint density at radius 3 is 2.27 bits per heavy atom.